The Labute approximate surface area is 140 Å². The second kappa shape index (κ2) is 9.04. The number of carbonyl (C=O) groups is 1. The van der Waals surface area contributed by atoms with Gasteiger partial charge in [-0.15, -0.1) is 0 Å². The first-order chi connectivity index (χ1) is 11.1. The summed E-state index contributed by atoms with van der Waals surface area (Å²) in [5, 5.41) is 2.96. The zero-order valence-electron chi connectivity index (χ0n) is 14.6. The Kier molecular flexibility index (Phi) is 7.06. The molecule has 1 aromatic carbocycles. The second-order valence-corrected chi connectivity index (χ2v) is 6.87. The monoisotopic (exact) mass is 317 g/mol. The molecule has 23 heavy (non-hydrogen) atoms. The van der Waals surface area contributed by atoms with Crippen molar-refractivity contribution in [2.75, 3.05) is 13.1 Å². The summed E-state index contributed by atoms with van der Waals surface area (Å²) in [6.45, 7) is 7.76. The first-order valence-electron chi connectivity index (χ1n) is 8.89. The fourth-order valence-electron chi connectivity index (χ4n) is 2.90. The molecule has 1 aliphatic rings. The highest BCUT2D eigenvalue weighted by atomic mass is 16.1. The van der Waals surface area contributed by atoms with Crippen molar-refractivity contribution in [3.05, 3.63) is 35.4 Å². The molecule has 128 valence electrons. The molecule has 1 aromatic rings. The molecule has 2 atom stereocenters. The summed E-state index contributed by atoms with van der Waals surface area (Å²) >= 11 is 0. The van der Waals surface area contributed by atoms with Gasteiger partial charge >= 0.3 is 0 Å². The van der Waals surface area contributed by atoms with Gasteiger partial charge in [0.05, 0.1) is 0 Å². The van der Waals surface area contributed by atoms with Gasteiger partial charge in [-0.05, 0) is 44.0 Å². The minimum atomic E-state index is -0.155. The minimum absolute atomic E-state index is 0.0219. The molecule has 0 spiro atoms. The Morgan fingerprint density at radius 1 is 1.09 bits per heavy atom. The van der Waals surface area contributed by atoms with Crippen LogP contribution >= 0.6 is 0 Å². The number of benzene rings is 1. The summed E-state index contributed by atoms with van der Waals surface area (Å²) in [6, 6.07) is 8.47. The van der Waals surface area contributed by atoms with Gasteiger partial charge in [0.2, 0.25) is 5.91 Å². The van der Waals surface area contributed by atoms with Gasteiger partial charge in [0.25, 0.3) is 0 Å². The van der Waals surface area contributed by atoms with Crippen LogP contribution < -0.4 is 11.1 Å². The zero-order chi connectivity index (χ0) is 16.7. The molecule has 4 nitrogen and oxygen atoms in total. The van der Waals surface area contributed by atoms with Crippen LogP contribution in [0.5, 0.6) is 0 Å². The number of nitrogens with one attached hydrogen (secondary N) is 1. The molecule has 1 heterocycles. The topological polar surface area (TPSA) is 58.4 Å². The van der Waals surface area contributed by atoms with Gasteiger partial charge in [-0.25, -0.2) is 0 Å². The van der Waals surface area contributed by atoms with Crippen molar-refractivity contribution >= 4 is 5.91 Å². The highest BCUT2D eigenvalue weighted by Crippen LogP contribution is 2.14. The van der Waals surface area contributed by atoms with Crippen molar-refractivity contribution in [2.45, 2.75) is 58.7 Å². The summed E-state index contributed by atoms with van der Waals surface area (Å²) in [5.74, 6) is -0.133. The number of hydrogen-bond acceptors (Lipinski definition) is 3. The predicted molar refractivity (Wildman–Crippen MR) is 94.8 cm³/mol. The number of carbonyl (C=O) groups excluding carboxylic acids is 1. The molecule has 1 aliphatic heterocycles. The number of hydrogen-bond donors (Lipinski definition) is 2. The summed E-state index contributed by atoms with van der Waals surface area (Å²) in [4.78, 5) is 14.5. The fourth-order valence-corrected chi connectivity index (χ4v) is 2.90. The van der Waals surface area contributed by atoms with Crippen LogP contribution in [0.1, 0.15) is 50.7 Å². The largest absolute Gasteiger partial charge is 0.352 e. The van der Waals surface area contributed by atoms with E-state index in [1.165, 1.54) is 44.3 Å². The lowest BCUT2D eigenvalue weighted by molar-refractivity contribution is -0.125. The van der Waals surface area contributed by atoms with Crippen molar-refractivity contribution in [3.63, 3.8) is 0 Å². The van der Waals surface area contributed by atoms with Gasteiger partial charge in [-0.3, -0.25) is 9.69 Å². The second-order valence-electron chi connectivity index (χ2n) is 6.87. The van der Waals surface area contributed by atoms with Crippen LogP contribution in [0, 0.1) is 5.92 Å². The van der Waals surface area contributed by atoms with E-state index in [0.29, 0.717) is 6.54 Å². The van der Waals surface area contributed by atoms with E-state index in [0.717, 1.165) is 12.1 Å². The quantitative estimate of drug-likeness (QED) is 0.848. The van der Waals surface area contributed by atoms with Crippen LogP contribution in [0.3, 0.4) is 0 Å². The molecular formula is C19H31N3O. The first-order valence-corrected chi connectivity index (χ1v) is 8.89. The van der Waals surface area contributed by atoms with Crippen LogP contribution in [0.2, 0.25) is 0 Å². The Hall–Kier alpha value is -1.39. The van der Waals surface area contributed by atoms with Crippen molar-refractivity contribution in [2.24, 2.45) is 11.7 Å². The van der Waals surface area contributed by atoms with Gasteiger partial charge in [0.15, 0.2) is 0 Å². The fraction of sp³-hybridized carbons (Fsp3) is 0.632. The molecule has 3 N–H and O–H groups in total. The SMILES string of the molecule is CC(N)C(C)C(=O)NCc1ccc(CN2CCCCCC2)cc1. The summed E-state index contributed by atoms with van der Waals surface area (Å²) < 4.78 is 0. The van der Waals surface area contributed by atoms with E-state index in [1.54, 1.807) is 0 Å². The Balaban J connectivity index is 1.81. The first kappa shape index (κ1) is 18.0. The molecule has 2 rings (SSSR count). The summed E-state index contributed by atoms with van der Waals surface area (Å²) in [5.41, 5.74) is 8.25. The number of amides is 1. The molecule has 2 unspecified atom stereocenters. The predicted octanol–water partition coefficient (Wildman–Crippen LogP) is 2.66. The highest BCUT2D eigenvalue weighted by Gasteiger charge is 2.16. The third-order valence-electron chi connectivity index (χ3n) is 4.80. The number of nitrogens with zero attached hydrogens (tertiary/aromatic N) is 1. The van der Waals surface area contributed by atoms with Crippen molar-refractivity contribution in [1.82, 2.24) is 10.2 Å². The molecule has 1 amide bonds. The van der Waals surface area contributed by atoms with Crippen LogP contribution in [-0.2, 0) is 17.9 Å². The lowest BCUT2D eigenvalue weighted by atomic mass is 10.0. The molecule has 0 radical (unpaired) electrons. The third kappa shape index (κ3) is 5.96. The molecule has 0 aliphatic carbocycles. The lowest BCUT2D eigenvalue weighted by Crippen LogP contribution is -2.38. The Morgan fingerprint density at radius 2 is 1.65 bits per heavy atom. The Morgan fingerprint density at radius 3 is 2.22 bits per heavy atom. The maximum Gasteiger partial charge on any atom is 0.224 e. The molecule has 4 heteroatoms. The van der Waals surface area contributed by atoms with Gasteiger partial charge in [-0.1, -0.05) is 44.0 Å². The van der Waals surface area contributed by atoms with E-state index in [1.807, 2.05) is 13.8 Å². The number of nitrogens with two attached hydrogens (primary N) is 1. The average molecular weight is 317 g/mol. The molecule has 1 saturated heterocycles. The maximum absolute atomic E-state index is 11.9. The Bertz CT molecular complexity index is 476. The number of rotatable bonds is 6. The highest BCUT2D eigenvalue weighted by molar-refractivity contribution is 5.78. The normalized spacial score (nSPS) is 18.9. The van der Waals surface area contributed by atoms with E-state index < -0.39 is 0 Å². The average Bonchev–Trinajstić information content (AvgIpc) is 2.81. The molecule has 0 saturated carbocycles. The third-order valence-corrected chi connectivity index (χ3v) is 4.80. The van der Waals surface area contributed by atoms with Crippen LogP contribution in [0.25, 0.3) is 0 Å². The van der Waals surface area contributed by atoms with E-state index in [9.17, 15) is 4.79 Å². The van der Waals surface area contributed by atoms with Gasteiger partial charge < -0.3 is 11.1 Å². The smallest absolute Gasteiger partial charge is 0.224 e. The van der Waals surface area contributed by atoms with Crippen LogP contribution in [0.4, 0.5) is 0 Å². The summed E-state index contributed by atoms with van der Waals surface area (Å²) in [6.07, 6.45) is 5.38. The number of likely N-dealkylation sites (tertiary alicyclic amines) is 1. The minimum Gasteiger partial charge on any atom is -0.352 e. The van der Waals surface area contributed by atoms with Crippen molar-refractivity contribution in [1.29, 1.82) is 0 Å². The molecule has 0 aromatic heterocycles. The van der Waals surface area contributed by atoms with E-state index in [4.69, 9.17) is 5.73 Å². The van der Waals surface area contributed by atoms with Crippen LogP contribution in [0.15, 0.2) is 24.3 Å². The molecular weight excluding hydrogens is 286 g/mol. The van der Waals surface area contributed by atoms with Crippen molar-refractivity contribution in [3.8, 4) is 0 Å². The standard InChI is InChI=1S/C19H31N3O/c1-15(16(2)20)19(23)21-13-17-7-9-18(10-8-17)14-22-11-5-3-4-6-12-22/h7-10,15-16H,3-6,11-14,20H2,1-2H3,(H,21,23). The van der Waals surface area contributed by atoms with Gasteiger partial charge in [-0.2, -0.15) is 0 Å². The van der Waals surface area contributed by atoms with Gasteiger partial charge in [0, 0.05) is 25.0 Å². The van der Waals surface area contributed by atoms with Crippen molar-refractivity contribution < 1.29 is 4.79 Å². The molecule has 1 fully saturated rings. The van der Waals surface area contributed by atoms with Gasteiger partial charge in [0.1, 0.15) is 0 Å². The lowest BCUT2D eigenvalue weighted by Gasteiger charge is -2.20. The van der Waals surface area contributed by atoms with E-state index in [2.05, 4.69) is 34.5 Å². The maximum atomic E-state index is 11.9. The summed E-state index contributed by atoms with van der Waals surface area (Å²) in [7, 11) is 0. The molecule has 0 bridgehead atoms. The van der Waals surface area contributed by atoms with Crippen LogP contribution in [-0.4, -0.2) is 29.9 Å². The van der Waals surface area contributed by atoms with E-state index >= 15 is 0 Å². The zero-order valence-corrected chi connectivity index (χ0v) is 14.6. The van der Waals surface area contributed by atoms with E-state index in [-0.39, 0.29) is 17.9 Å².